The van der Waals surface area contributed by atoms with Crippen molar-refractivity contribution in [1.29, 1.82) is 0 Å². The fraction of sp³-hybridized carbons (Fsp3) is 0.267. The number of benzene rings is 1. The van der Waals surface area contributed by atoms with Crippen LogP contribution in [0.1, 0.15) is 22.3 Å². The first kappa shape index (κ1) is 10.9. The van der Waals surface area contributed by atoms with Crippen LogP contribution in [0.2, 0.25) is 0 Å². The molecule has 2 aromatic rings. The average Bonchev–Trinajstić information content (AvgIpc) is 2.26. The molecule has 0 amide bonds. The quantitative estimate of drug-likeness (QED) is 0.695. The first-order valence-electron chi connectivity index (χ1n) is 5.59. The van der Waals surface area contributed by atoms with Gasteiger partial charge in [0, 0.05) is 11.8 Å². The Morgan fingerprint density at radius 3 is 2.00 bits per heavy atom. The van der Waals surface area contributed by atoms with Crippen molar-refractivity contribution in [2.24, 2.45) is 0 Å². The van der Waals surface area contributed by atoms with Crippen LogP contribution in [0, 0.1) is 27.7 Å². The summed E-state index contributed by atoms with van der Waals surface area (Å²) in [5, 5.41) is 0. The van der Waals surface area contributed by atoms with Crippen LogP contribution in [0.4, 0.5) is 0 Å². The van der Waals surface area contributed by atoms with Crippen LogP contribution in [0.15, 0.2) is 30.5 Å². The molecule has 0 aliphatic carbocycles. The third-order valence-corrected chi connectivity index (χ3v) is 3.13. The summed E-state index contributed by atoms with van der Waals surface area (Å²) in [6, 6.07) is 8.60. The maximum Gasteiger partial charge on any atom is 0.0702 e. The molecule has 0 saturated heterocycles. The largest absolute Gasteiger partial charge is 0.256 e. The lowest BCUT2D eigenvalue weighted by molar-refractivity contribution is 1.23. The lowest BCUT2D eigenvalue weighted by atomic mass is 9.99. The molecule has 2 rings (SSSR count). The van der Waals surface area contributed by atoms with E-state index >= 15 is 0 Å². The van der Waals surface area contributed by atoms with Gasteiger partial charge in [-0.15, -0.1) is 0 Å². The SMILES string of the molecule is Cc1ccc(-c2cc(C)c(C)c(C)c2)nc1. The molecule has 16 heavy (non-hydrogen) atoms. The number of nitrogens with zero attached hydrogens (tertiary/aromatic N) is 1. The molecule has 1 heterocycles. The maximum atomic E-state index is 4.46. The van der Waals surface area contributed by atoms with E-state index in [-0.39, 0.29) is 0 Å². The Bertz CT molecular complexity index is 486. The van der Waals surface area contributed by atoms with E-state index in [0.29, 0.717) is 0 Å². The molecule has 1 heteroatoms. The Hall–Kier alpha value is -1.63. The summed E-state index contributed by atoms with van der Waals surface area (Å²) in [5.74, 6) is 0. The second-order valence-corrected chi connectivity index (χ2v) is 4.46. The third-order valence-electron chi connectivity index (χ3n) is 3.13. The van der Waals surface area contributed by atoms with E-state index in [2.05, 4.69) is 56.9 Å². The monoisotopic (exact) mass is 211 g/mol. The first-order chi connectivity index (χ1) is 7.58. The predicted molar refractivity (Wildman–Crippen MR) is 68.6 cm³/mol. The molecule has 0 N–H and O–H groups in total. The Labute approximate surface area is 97.2 Å². The van der Waals surface area contributed by atoms with Crippen molar-refractivity contribution < 1.29 is 0 Å². The number of aromatic nitrogens is 1. The Morgan fingerprint density at radius 1 is 0.875 bits per heavy atom. The highest BCUT2D eigenvalue weighted by Gasteiger charge is 2.03. The molecule has 0 fully saturated rings. The zero-order valence-electron chi connectivity index (χ0n) is 10.3. The van der Waals surface area contributed by atoms with Crippen molar-refractivity contribution in [3.05, 3.63) is 52.7 Å². The molecule has 82 valence electrons. The molecular weight excluding hydrogens is 194 g/mol. The topological polar surface area (TPSA) is 12.9 Å². The van der Waals surface area contributed by atoms with Crippen LogP contribution < -0.4 is 0 Å². The molecule has 0 aliphatic rings. The van der Waals surface area contributed by atoms with Crippen molar-refractivity contribution in [1.82, 2.24) is 4.98 Å². The molecule has 0 bridgehead atoms. The van der Waals surface area contributed by atoms with Crippen LogP contribution in [-0.4, -0.2) is 4.98 Å². The summed E-state index contributed by atoms with van der Waals surface area (Å²) in [4.78, 5) is 4.46. The van der Waals surface area contributed by atoms with Crippen molar-refractivity contribution in [2.75, 3.05) is 0 Å². The molecular formula is C15H17N. The maximum absolute atomic E-state index is 4.46. The zero-order valence-corrected chi connectivity index (χ0v) is 10.3. The van der Waals surface area contributed by atoms with Crippen LogP contribution in [0.25, 0.3) is 11.3 Å². The van der Waals surface area contributed by atoms with Crippen molar-refractivity contribution >= 4 is 0 Å². The summed E-state index contributed by atoms with van der Waals surface area (Å²) in [5.41, 5.74) is 7.49. The highest BCUT2D eigenvalue weighted by atomic mass is 14.7. The lowest BCUT2D eigenvalue weighted by Crippen LogP contribution is -1.90. The summed E-state index contributed by atoms with van der Waals surface area (Å²) in [7, 11) is 0. The average molecular weight is 211 g/mol. The Kier molecular flexibility index (Phi) is 2.78. The summed E-state index contributed by atoms with van der Waals surface area (Å²) in [6.45, 7) is 8.53. The van der Waals surface area contributed by atoms with Gasteiger partial charge in [0.1, 0.15) is 0 Å². The highest BCUT2D eigenvalue weighted by molar-refractivity contribution is 5.62. The van der Waals surface area contributed by atoms with E-state index in [1.165, 1.54) is 27.8 Å². The summed E-state index contributed by atoms with van der Waals surface area (Å²) in [6.07, 6.45) is 1.92. The molecule has 0 radical (unpaired) electrons. The van der Waals surface area contributed by atoms with Gasteiger partial charge >= 0.3 is 0 Å². The van der Waals surface area contributed by atoms with Gasteiger partial charge in [0.2, 0.25) is 0 Å². The first-order valence-corrected chi connectivity index (χ1v) is 5.59. The number of hydrogen-bond donors (Lipinski definition) is 0. The molecule has 0 unspecified atom stereocenters. The Morgan fingerprint density at radius 2 is 1.50 bits per heavy atom. The minimum Gasteiger partial charge on any atom is -0.256 e. The normalized spacial score (nSPS) is 10.5. The summed E-state index contributed by atoms with van der Waals surface area (Å²) >= 11 is 0. The number of pyridine rings is 1. The van der Waals surface area contributed by atoms with E-state index in [4.69, 9.17) is 0 Å². The number of aryl methyl sites for hydroxylation is 3. The fourth-order valence-electron chi connectivity index (χ4n) is 1.82. The van der Waals surface area contributed by atoms with Gasteiger partial charge in [-0.25, -0.2) is 0 Å². The molecule has 1 nitrogen and oxygen atoms in total. The van der Waals surface area contributed by atoms with Gasteiger partial charge in [-0.05, 0) is 68.1 Å². The van der Waals surface area contributed by atoms with Crippen molar-refractivity contribution in [2.45, 2.75) is 27.7 Å². The molecule has 1 aromatic heterocycles. The second kappa shape index (κ2) is 4.09. The van der Waals surface area contributed by atoms with Crippen molar-refractivity contribution in [3.63, 3.8) is 0 Å². The van der Waals surface area contributed by atoms with Gasteiger partial charge in [0.25, 0.3) is 0 Å². The highest BCUT2D eigenvalue weighted by Crippen LogP contribution is 2.23. The minimum absolute atomic E-state index is 1.05. The van der Waals surface area contributed by atoms with Gasteiger partial charge in [-0.3, -0.25) is 4.98 Å². The van der Waals surface area contributed by atoms with Gasteiger partial charge in [0.05, 0.1) is 5.69 Å². The van der Waals surface area contributed by atoms with E-state index in [0.717, 1.165) is 5.69 Å². The van der Waals surface area contributed by atoms with Crippen molar-refractivity contribution in [3.8, 4) is 11.3 Å². The van der Waals surface area contributed by atoms with Gasteiger partial charge in [-0.1, -0.05) is 6.07 Å². The predicted octanol–water partition coefficient (Wildman–Crippen LogP) is 3.98. The number of rotatable bonds is 1. The molecule has 0 atom stereocenters. The van der Waals surface area contributed by atoms with Gasteiger partial charge in [0.15, 0.2) is 0 Å². The van der Waals surface area contributed by atoms with E-state index in [1.807, 2.05) is 6.20 Å². The van der Waals surface area contributed by atoms with E-state index in [9.17, 15) is 0 Å². The third kappa shape index (κ3) is 1.99. The van der Waals surface area contributed by atoms with E-state index in [1.54, 1.807) is 0 Å². The van der Waals surface area contributed by atoms with Gasteiger partial charge in [-0.2, -0.15) is 0 Å². The van der Waals surface area contributed by atoms with Crippen LogP contribution in [0.5, 0.6) is 0 Å². The smallest absolute Gasteiger partial charge is 0.0702 e. The van der Waals surface area contributed by atoms with Crippen LogP contribution >= 0.6 is 0 Å². The fourth-order valence-corrected chi connectivity index (χ4v) is 1.82. The van der Waals surface area contributed by atoms with Crippen LogP contribution in [0.3, 0.4) is 0 Å². The summed E-state index contributed by atoms with van der Waals surface area (Å²) < 4.78 is 0. The Balaban J connectivity index is 2.52. The second-order valence-electron chi connectivity index (χ2n) is 4.46. The van der Waals surface area contributed by atoms with Crippen LogP contribution in [-0.2, 0) is 0 Å². The number of hydrogen-bond acceptors (Lipinski definition) is 1. The molecule has 0 aliphatic heterocycles. The van der Waals surface area contributed by atoms with E-state index < -0.39 is 0 Å². The molecule has 1 aromatic carbocycles. The molecule has 0 saturated carbocycles. The van der Waals surface area contributed by atoms with Gasteiger partial charge < -0.3 is 0 Å². The molecule has 0 spiro atoms. The minimum atomic E-state index is 1.05. The standard InChI is InChI=1S/C15H17N/c1-10-5-6-15(16-9-10)14-7-11(2)13(4)12(3)8-14/h5-9H,1-4H3. The lowest BCUT2D eigenvalue weighted by Gasteiger charge is -2.08. The zero-order chi connectivity index (χ0) is 11.7.